The Morgan fingerprint density at radius 3 is 2.80 bits per heavy atom. The topological polar surface area (TPSA) is 0 Å². The van der Waals surface area contributed by atoms with Gasteiger partial charge in [-0.1, -0.05) is 17.6 Å². The summed E-state index contributed by atoms with van der Waals surface area (Å²) < 4.78 is 0. The SMILES string of the molecule is C#CCC=C(C)CC#CC. The Balaban J connectivity index is 3.69. The first-order chi connectivity index (χ1) is 4.81. The van der Waals surface area contributed by atoms with Crippen molar-refractivity contribution in [2.45, 2.75) is 26.7 Å². The predicted octanol–water partition coefficient (Wildman–Crippen LogP) is 2.37. The molecule has 0 unspecified atom stereocenters. The van der Waals surface area contributed by atoms with Crippen molar-refractivity contribution in [2.75, 3.05) is 0 Å². The fourth-order valence-electron chi connectivity index (χ4n) is 0.533. The van der Waals surface area contributed by atoms with Crippen molar-refractivity contribution in [1.82, 2.24) is 0 Å². The molecule has 52 valence electrons. The van der Waals surface area contributed by atoms with E-state index in [2.05, 4.69) is 17.8 Å². The highest BCUT2D eigenvalue weighted by Crippen LogP contribution is 1.98. The molecular weight excluding hydrogens is 120 g/mol. The van der Waals surface area contributed by atoms with Gasteiger partial charge in [0.1, 0.15) is 0 Å². The summed E-state index contributed by atoms with van der Waals surface area (Å²) in [6.07, 6.45) is 8.67. The van der Waals surface area contributed by atoms with Gasteiger partial charge in [-0.25, -0.2) is 0 Å². The van der Waals surface area contributed by atoms with Crippen LogP contribution in [-0.4, -0.2) is 0 Å². The standard InChI is InChI=1S/C10H12/c1-4-6-8-10(3)9-7-5-2/h1,8H,6,9H2,2-3H3. The van der Waals surface area contributed by atoms with Crippen LogP contribution in [0.5, 0.6) is 0 Å². The second-order valence-electron chi connectivity index (χ2n) is 2.06. The maximum atomic E-state index is 5.07. The number of hydrogen-bond acceptors (Lipinski definition) is 0. The Hall–Kier alpha value is -1.14. The van der Waals surface area contributed by atoms with Crippen LogP contribution < -0.4 is 0 Å². The summed E-state index contributed by atoms with van der Waals surface area (Å²) in [5.41, 5.74) is 1.26. The van der Waals surface area contributed by atoms with Gasteiger partial charge in [-0.3, -0.25) is 0 Å². The average molecular weight is 132 g/mol. The molecule has 10 heavy (non-hydrogen) atoms. The zero-order valence-corrected chi connectivity index (χ0v) is 6.57. The van der Waals surface area contributed by atoms with Gasteiger partial charge in [0.2, 0.25) is 0 Å². The molecule has 0 bridgehead atoms. The van der Waals surface area contributed by atoms with Gasteiger partial charge in [-0.15, -0.1) is 18.3 Å². The molecule has 0 N–H and O–H groups in total. The minimum atomic E-state index is 0.719. The van der Waals surface area contributed by atoms with Crippen LogP contribution >= 0.6 is 0 Å². The molecule has 0 rings (SSSR count). The van der Waals surface area contributed by atoms with Crippen LogP contribution in [0.15, 0.2) is 11.6 Å². The number of rotatable bonds is 2. The average Bonchev–Trinajstić information content (AvgIpc) is 1.97. The number of hydrogen-bond donors (Lipinski definition) is 0. The van der Waals surface area contributed by atoms with E-state index >= 15 is 0 Å². The molecule has 0 fully saturated rings. The minimum Gasteiger partial charge on any atom is -0.120 e. The Labute approximate surface area is 63.3 Å². The Morgan fingerprint density at radius 2 is 2.30 bits per heavy atom. The fraction of sp³-hybridized carbons (Fsp3) is 0.400. The normalized spacial score (nSPS) is 9.50. The van der Waals surface area contributed by atoms with Gasteiger partial charge in [0, 0.05) is 12.8 Å². The maximum absolute atomic E-state index is 5.07. The molecule has 0 saturated carbocycles. The molecular formula is C10H12. The molecule has 0 aromatic rings. The third kappa shape index (κ3) is 5.01. The summed E-state index contributed by atoms with van der Waals surface area (Å²) >= 11 is 0. The van der Waals surface area contributed by atoms with Crippen molar-refractivity contribution in [3.8, 4) is 24.2 Å². The van der Waals surface area contributed by atoms with Gasteiger partial charge in [0.25, 0.3) is 0 Å². The van der Waals surface area contributed by atoms with Crippen LogP contribution in [0.25, 0.3) is 0 Å². The monoisotopic (exact) mass is 132 g/mol. The second kappa shape index (κ2) is 5.99. The Morgan fingerprint density at radius 1 is 1.60 bits per heavy atom. The van der Waals surface area contributed by atoms with Crippen molar-refractivity contribution in [3.63, 3.8) is 0 Å². The zero-order valence-electron chi connectivity index (χ0n) is 6.57. The van der Waals surface area contributed by atoms with E-state index in [4.69, 9.17) is 6.42 Å². The smallest absolute Gasteiger partial charge is 0.0296 e. The molecule has 0 aliphatic rings. The van der Waals surface area contributed by atoms with Crippen molar-refractivity contribution in [1.29, 1.82) is 0 Å². The van der Waals surface area contributed by atoms with E-state index in [1.807, 2.05) is 19.9 Å². The summed E-state index contributed by atoms with van der Waals surface area (Å²) in [4.78, 5) is 0. The molecule has 0 saturated heterocycles. The van der Waals surface area contributed by atoms with Crippen LogP contribution in [0.4, 0.5) is 0 Å². The molecule has 0 aromatic heterocycles. The fourth-order valence-corrected chi connectivity index (χ4v) is 0.533. The van der Waals surface area contributed by atoms with Gasteiger partial charge >= 0.3 is 0 Å². The number of allylic oxidation sites excluding steroid dienone is 2. The van der Waals surface area contributed by atoms with E-state index in [1.54, 1.807) is 0 Å². The molecule has 0 radical (unpaired) electrons. The molecule has 0 atom stereocenters. The van der Waals surface area contributed by atoms with Crippen molar-refractivity contribution >= 4 is 0 Å². The van der Waals surface area contributed by atoms with E-state index in [0.717, 1.165) is 12.8 Å². The first-order valence-electron chi connectivity index (χ1n) is 3.30. The largest absolute Gasteiger partial charge is 0.120 e. The molecule has 0 heteroatoms. The van der Waals surface area contributed by atoms with Gasteiger partial charge in [0.05, 0.1) is 0 Å². The van der Waals surface area contributed by atoms with E-state index in [-0.39, 0.29) is 0 Å². The third-order valence-corrected chi connectivity index (χ3v) is 1.11. The van der Waals surface area contributed by atoms with E-state index < -0.39 is 0 Å². The van der Waals surface area contributed by atoms with E-state index in [1.165, 1.54) is 5.57 Å². The lowest BCUT2D eigenvalue weighted by atomic mass is 10.2. The minimum absolute atomic E-state index is 0.719. The summed E-state index contributed by atoms with van der Waals surface area (Å²) in [6.45, 7) is 3.89. The second-order valence-corrected chi connectivity index (χ2v) is 2.06. The maximum Gasteiger partial charge on any atom is 0.0296 e. The third-order valence-electron chi connectivity index (χ3n) is 1.11. The summed E-state index contributed by atoms with van der Waals surface area (Å²) in [6, 6.07) is 0. The van der Waals surface area contributed by atoms with E-state index in [0.29, 0.717) is 0 Å². The highest BCUT2D eigenvalue weighted by molar-refractivity contribution is 5.12. The van der Waals surface area contributed by atoms with Gasteiger partial charge < -0.3 is 0 Å². The van der Waals surface area contributed by atoms with Crippen LogP contribution in [0.3, 0.4) is 0 Å². The highest BCUT2D eigenvalue weighted by Gasteiger charge is 1.81. The number of terminal acetylenes is 1. The van der Waals surface area contributed by atoms with Gasteiger partial charge in [-0.2, -0.15) is 0 Å². The Bertz CT molecular complexity index is 202. The molecule has 0 heterocycles. The summed E-state index contributed by atoms with van der Waals surface area (Å²) in [7, 11) is 0. The lowest BCUT2D eigenvalue weighted by Crippen LogP contribution is -1.72. The van der Waals surface area contributed by atoms with Gasteiger partial charge in [0.15, 0.2) is 0 Å². The summed E-state index contributed by atoms with van der Waals surface area (Å²) in [5.74, 6) is 8.35. The van der Waals surface area contributed by atoms with Crippen molar-refractivity contribution in [2.24, 2.45) is 0 Å². The first-order valence-corrected chi connectivity index (χ1v) is 3.30. The van der Waals surface area contributed by atoms with Crippen LogP contribution in [0, 0.1) is 24.2 Å². The molecule has 0 aliphatic heterocycles. The van der Waals surface area contributed by atoms with Crippen LogP contribution in [-0.2, 0) is 0 Å². The predicted molar refractivity (Wildman–Crippen MR) is 45.3 cm³/mol. The van der Waals surface area contributed by atoms with Crippen molar-refractivity contribution < 1.29 is 0 Å². The van der Waals surface area contributed by atoms with Crippen LogP contribution in [0.2, 0.25) is 0 Å². The summed E-state index contributed by atoms with van der Waals surface area (Å²) in [5, 5.41) is 0. The highest BCUT2D eigenvalue weighted by atomic mass is 13.9. The van der Waals surface area contributed by atoms with E-state index in [9.17, 15) is 0 Å². The van der Waals surface area contributed by atoms with Crippen molar-refractivity contribution in [3.05, 3.63) is 11.6 Å². The molecule has 0 aromatic carbocycles. The molecule has 0 amide bonds. The lowest BCUT2D eigenvalue weighted by Gasteiger charge is -1.88. The Kier molecular flexibility index (Phi) is 5.30. The molecule has 0 aliphatic carbocycles. The lowest BCUT2D eigenvalue weighted by molar-refractivity contribution is 1.21. The zero-order chi connectivity index (χ0) is 7.82. The van der Waals surface area contributed by atoms with Crippen LogP contribution in [0.1, 0.15) is 26.7 Å². The molecule has 0 spiro atoms. The first kappa shape index (κ1) is 8.86. The quantitative estimate of drug-likeness (QED) is 0.399. The van der Waals surface area contributed by atoms with Gasteiger partial charge in [-0.05, 0) is 13.8 Å². The molecule has 0 nitrogen and oxygen atoms in total.